The minimum Gasteiger partial charge on any atom is -0.472 e. The topological polar surface area (TPSA) is 72.3 Å². The molecule has 0 amide bonds. The van der Waals surface area contributed by atoms with Gasteiger partial charge in [-0.1, -0.05) is 5.16 Å². The molecule has 1 aliphatic rings. The fourth-order valence-electron chi connectivity index (χ4n) is 2.12. The van der Waals surface area contributed by atoms with Crippen LogP contribution in [0.4, 0.5) is 0 Å². The maximum atomic E-state index is 9.74. The Bertz CT molecular complexity index is 463. The molecule has 3 rings (SSSR count). The Labute approximate surface area is 92.1 Å². The lowest BCUT2D eigenvalue weighted by Crippen LogP contribution is -2.11. The second-order valence-electron chi connectivity index (χ2n) is 4.07. The molecule has 16 heavy (non-hydrogen) atoms. The van der Waals surface area contributed by atoms with Crippen LogP contribution in [0.5, 0.6) is 0 Å². The van der Waals surface area contributed by atoms with Crippen LogP contribution < -0.4 is 0 Å². The third kappa shape index (κ3) is 1.53. The monoisotopic (exact) mass is 220 g/mol. The third-order valence-corrected chi connectivity index (χ3v) is 3.02. The van der Waals surface area contributed by atoms with Crippen LogP contribution in [-0.2, 0) is 0 Å². The number of furan rings is 1. The van der Waals surface area contributed by atoms with Crippen molar-refractivity contribution < 1.29 is 14.0 Å². The molecule has 2 unspecified atom stereocenters. The van der Waals surface area contributed by atoms with Crippen LogP contribution in [0, 0.1) is 0 Å². The van der Waals surface area contributed by atoms with Gasteiger partial charge in [-0.3, -0.25) is 0 Å². The van der Waals surface area contributed by atoms with Crippen LogP contribution in [-0.4, -0.2) is 21.4 Å². The van der Waals surface area contributed by atoms with Crippen LogP contribution >= 0.6 is 0 Å². The highest BCUT2D eigenvalue weighted by Gasteiger charge is 2.31. The summed E-state index contributed by atoms with van der Waals surface area (Å²) in [6.07, 6.45) is 5.52. The first-order valence-corrected chi connectivity index (χ1v) is 5.39. The van der Waals surface area contributed by atoms with Crippen LogP contribution in [0.1, 0.15) is 31.1 Å². The normalized spacial score (nSPS) is 25.1. The highest BCUT2D eigenvalue weighted by molar-refractivity contribution is 5.51. The fourth-order valence-corrected chi connectivity index (χ4v) is 2.12. The lowest BCUT2D eigenvalue weighted by atomic mass is 10.1. The summed E-state index contributed by atoms with van der Waals surface area (Å²) in [4.78, 5) is 4.29. The molecule has 2 atom stereocenters. The predicted octanol–water partition coefficient (Wildman–Crippen LogP) is 1.96. The van der Waals surface area contributed by atoms with Gasteiger partial charge >= 0.3 is 0 Å². The summed E-state index contributed by atoms with van der Waals surface area (Å²) in [7, 11) is 0. The molecule has 2 aromatic heterocycles. The van der Waals surface area contributed by atoms with Gasteiger partial charge in [0.05, 0.1) is 23.8 Å². The molecule has 2 heterocycles. The van der Waals surface area contributed by atoms with Gasteiger partial charge in [0, 0.05) is 0 Å². The molecule has 84 valence electrons. The lowest BCUT2D eigenvalue weighted by Gasteiger charge is -2.07. The van der Waals surface area contributed by atoms with E-state index in [4.69, 9.17) is 8.94 Å². The van der Waals surface area contributed by atoms with Crippen molar-refractivity contribution >= 4 is 0 Å². The summed E-state index contributed by atoms with van der Waals surface area (Å²) in [5.41, 5.74) is 0.794. The molecule has 5 heteroatoms. The Morgan fingerprint density at radius 1 is 1.38 bits per heavy atom. The molecule has 1 aliphatic carbocycles. The first-order valence-electron chi connectivity index (χ1n) is 5.39. The fraction of sp³-hybridized carbons (Fsp3) is 0.455. The van der Waals surface area contributed by atoms with Crippen molar-refractivity contribution in [1.82, 2.24) is 10.1 Å². The van der Waals surface area contributed by atoms with Gasteiger partial charge in [0.2, 0.25) is 11.7 Å². The van der Waals surface area contributed by atoms with E-state index in [1.165, 1.54) is 0 Å². The molecule has 1 N–H and O–H groups in total. The zero-order valence-corrected chi connectivity index (χ0v) is 8.67. The number of hydrogen-bond acceptors (Lipinski definition) is 5. The summed E-state index contributed by atoms with van der Waals surface area (Å²) in [6.45, 7) is 0. The van der Waals surface area contributed by atoms with E-state index in [1.54, 1.807) is 18.6 Å². The molecule has 0 aromatic carbocycles. The highest BCUT2D eigenvalue weighted by atomic mass is 16.5. The van der Waals surface area contributed by atoms with E-state index >= 15 is 0 Å². The molecular weight excluding hydrogens is 208 g/mol. The molecule has 0 spiro atoms. The zero-order chi connectivity index (χ0) is 11.0. The van der Waals surface area contributed by atoms with Gasteiger partial charge in [0.1, 0.15) is 6.26 Å². The maximum Gasteiger partial charge on any atom is 0.232 e. The van der Waals surface area contributed by atoms with E-state index in [-0.39, 0.29) is 12.0 Å². The summed E-state index contributed by atoms with van der Waals surface area (Å²) in [6, 6.07) is 1.78. The van der Waals surface area contributed by atoms with E-state index in [0.29, 0.717) is 11.7 Å². The molecule has 5 nitrogen and oxygen atoms in total. The smallest absolute Gasteiger partial charge is 0.232 e. The van der Waals surface area contributed by atoms with Crippen LogP contribution in [0.3, 0.4) is 0 Å². The summed E-state index contributed by atoms with van der Waals surface area (Å²) >= 11 is 0. The molecule has 0 radical (unpaired) electrons. The minimum absolute atomic E-state index is 0.00634. The van der Waals surface area contributed by atoms with Crippen molar-refractivity contribution in [3.05, 3.63) is 24.5 Å². The first kappa shape index (κ1) is 9.59. The van der Waals surface area contributed by atoms with Crippen LogP contribution in [0.25, 0.3) is 11.4 Å². The van der Waals surface area contributed by atoms with Crippen molar-refractivity contribution in [2.24, 2.45) is 0 Å². The summed E-state index contributed by atoms with van der Waals surface area (Å²) in [5, 5.41) is 13.6. The van der Waals surface area contributed by atoms with Crippen molar-refractivity contribution in [3.63, 3.8) is 0 Å². The van der Waals surface area contributed by atoms with E-state index in [2.05, 4.69) is 10.1 Å². The Balaban J connectivity index is 1.88. The van der Waals surface area contributed by atoms with E-state index in [0.717, 1.165) is 24.8 Å². The Hall–Kier alpha value is -1.62. The predicted molar refractivity (Wildman–Crippen MR) is 54.6 cm³/mol. The van der Waals surface area contributed by atoms with Gasteiger partial charge < -0.3 is 14.0 Å². The van der Waals surface area contributed by atoms with Gasteiger partial charge in [-0.2, -0.15) is 4.98 Å². The Kier molecular flexibility index (Phi) is 2.25. The van der Waals surface area contributed by atoms with Crippen molar-refractivity contribution in [3.8, 4) is 11.4 Å². The number of aliphatic hydroxyl groups is 1. The zero-order valence-electron chi connectivity index (χ0n) is 8.67. The van der Waals surface area contributed by atoms with Crippen LogP contribution in [0.15, 0.2) is 27.5 Å². The quantitative estimate of drug-likeness (QED) is 0.837. The standard InChI is InChI=1S/C11H12N2O3/c14-9-3-1-2-8(9)11-12-10(13-16-11)7-4-5-15-6-7/h4-6,8-9,14H,1-3H2. The van der Waals surface area contributed by atoms with Crippen molar-refractivity contribution in [2.75, 3.05) is 0 Å². The number of rotatable bonds is 2. The van der Waals surface area contributed by atoms with Crippen LogP contribution in [0.2, 0.25) is 0 Å². The molecule has 1 fully saturated rings. The second kappa shape index (κ2) is 3.75. The van der Waals surface area contributed by atoms with Crippen molar-refractivity contribution in [2.45, 2.75) is 31.3 Å². The number of aromatic nitrogens is 2. The van der Waals surface area contributed by atoms with E-state index in [1.807, 2.05) is 0 Å². The highest BCUT2D eigenvalue weighted by Crippen LogP contribution is 2.34. The average molecular weight is 220 g/mol. The maximum absolute atomic E-state index is 9.74. The number of nitrogens with zero attached hydrogens (tertiary/aromatic N) is 2. The SMILES string of the molecule is OC1CCCC1c1nc(-c2ccoc2)no1. The molecule has 0 saturated heterocycles. The molecular formula is C11H12N2O3. The number of aliphatic hydroxyl groups excluding tert-OH is 1. The second-order valence-corrected chi connectivity index (χ2v) is 4.07. The van der Waals surface area contributed by atoms with Gasteiger partial charge in [-0.25, -0.2) is 0 Å². The first-order chi connectivity index (χ1) is 7.84. The van der Waals surface area contributed by atoms with Gasteiger partial charge in [0.15, 0.2) is 0 Å². The van der Waals surface area contributed by atoms with Gasteiger partial charge in [-0.05, 0) is 25.3 Å². The van der Waals surface area contributed by atoms with Crippen molar-refractivity contribution in [1.29, 1.82) is 0 Å². The van der Waals surface area contributed by atoms with E-state index in [9.17, 15) is 5.11 Å². The average Bonchev–Trinajstić information content (AvgIpc) is 2.96. The molecule has 0 aliphatic heterocycles. The van der Waals surface area contributed by atoms with Gasteiger partial charge in [0.25, 0.3) is 0 Å². The molecule has 2 aromatic rings. The van der Waals surface area contributed by atoms with E-state index < -0.39 is 0 Å². The minimum atomic E-state index is -0.349. The third-order valence-electron chi connectivity index (χ3n) is 3.02. The molecule has 0 bridgehead atoms. The largest absolute Gasteiger partial charge is 0.472 e. The molecule has 1 saturated carbocycles. The number of hydrogen-bond donors (Lipinski definition) is 1. The lowest BCUT2D eigenvalue weighted by molar-refractivity contribution is 0.148. The Morgan fingerprint density at radius 3 is 3.00 bits per heavy atom. The van der Waals surface area contributed by atoms with Gasteiger partial charge in [-0.15, -0.1) is 0 Å². The Morgan fingerprint density at radius 2 is 2.31 bits per heavy atom. The summed E-state index contributed by atoms with van der Waals surface area (Å²) in [5.74, 6) is 1.04. The summed E-state index contributed by atoms with van der Waals surface area (Å²) < 4.78 is 10.1.